The fourth-order valence-electron chi connectivity index (χ4n) is 3.60. The van der Waals surface area contributed by atoms with E-state index in [9.17, 15) is 5.11 Å². The predicted octanol–water partition coefficient (Wildman–Crippen LogP) is 3.09. The third-order valence-corrected chi connectivity index (χ3v) is 5.63. The molecular weight excluding hydrogens is 258 g/mol. The topological polar surface area (TPSA) is 42.4 Å². The van der Waals surface area contributed by atoms with E-state index in [0.717, 1.165) is 30.2 Å². The number of hydrogen-bond donors (Lipinski definition) is 1. The number of rotatable bonds is 3. The first kappa shape index (κ1) is 13.5. The minimum absolute atomic E-state index is 0.0999. The van der Waals surface area contributed by atoms with Gasteiger partial charge in [-0.15, -0.1) is 11.3 Å². The highest BCUT2D eigenvalue weighted by molar-refractivity contribution is 7.09. The summed E-state index contributed by atoms with van der Waals surface area (Å²) in [6, 6.07) is 0. The van der Waals surface area contributed by atoms with Gasteiger partial charge in [-0.25, -0.2) is 4.98 Å². The number of aliphatic hydroxyl groups excluding tert-OH is 1. The average Bonchev–Trinajstić information content (AvgIpc) is 3.00. The van der Waals surface area contributed by atoms with Crippen LogP contribution in [0.25, 0.3) is 0 Å². The Hall–Kier alpha value is -0.450. The maximum atomic E-state index is 10.5. The number of ether oxygens (including phenoxy) is 1. The Balaban J connectivity index is 1.61. The Kier molecular flexibility index (Phi) is 3.92. The summed E-state index contributed by atoms with van der Waals surface area (Å²) in [5.41, 5.74) is 1.16. The van der Waals surface area contributed by atoms with Crippen LogP contribution >= 0.6 is 11.3 Å². The average molecular weight is 281 g/mol. The molecule has 2 atom stereocenters. The van der Waals surface area contributed by atoms with E-state index >= 15 is 0 Å². The maximum absolute atomic E-state index is 10.5. The monoisotopic (exact) mass is 281 g/mol. The standard InChI is InChI=1S/C15H23NO2S/c1-11-10-19-14(16-11)8-13(17)12-4-7-18-15(9-12)5-2-3-6-15/h10,12-13,17H,2-9H2,1H3. The van der Waals surface area contributed by atoms with Crippen LogP contribution < -0.4 is 0 Å². The molecule has 1 aliphatic heterocycles. The van der Waals surface area contributed by atoms with Gasteiger partial charge in [0, 0.05) is 24.1 Å². The van der Waals surface area contributed by atoms with Crippen molar-refractivity contribution < 1.29 is 9.84 Å². The molecule has 1 saturated carbocycles. The summed E-state index contributed by atoms with van der Waals surface area (Å²) >= 11 is 1.66. The molecule has 1 aromatic rings. The van der Waals surface area contributed by atoms with Gasteiger partial charge in [0.25, 0.3) is 0 Å². The Labute approximate surface area is 119 Å². The van der Waals surface area contributed by atoms with Crippen LogP contribution in [0.1, 0.15) is 49.2 Å². The number of aromatic nitrogens is 1. The summed E-state index contributed by atoms with van der Waals surface area (Å²) < 4.78 is 6.04. The van der Waals surface area contributed by atoms with Crippen molar-refractivity contribution in [2.24, 2.45) is 5.92 Å². The van der Waals surface area contributed by atoms with Crippen molar-refractivity contribution in [2.45, 2.75) is 63.6 Å². The van der Waals surface area contributed by atoms with E-state index < -0.39 is 0 Å². The van der Waals surface area contributed by atoms with E-state index in [0.29, 0.717) is 12.3 Å². The Bertz CT molecular complexity index is 426. The van der Waals surface area contributed by atoms with E-state index in [2.05, 4.69) is 10.4 Å². The van der Waals surface area contributed by atoms with E-state index in [1.165, 1.54) is 25.7 Å². The lowest BCUT2D eigenvalue weighted by Crippen LogP contribution is -2.41. The molecular formula is C15H23NO2S. The van der Waals surface area contributed by atoms with E-state index in [1.54, 1.807) is 11.3 Å². The Morgan fingerprint density at radius 2 is 2.32 bits per heavy atom. The first-order valence-electron chi connectivity index (χ1n) is 7.40. The van der Waals surface area contributed by atoms with Crippen molar-refractivity contribution >= 4 is 11.3 Å². The molecule has 0 radical (unpaired) electrons. The van der Waals surface area contributed by atoms with Gasteiger partial charge in [0.05, 0.1) is 16.7 Å². The lowest BCUT2D eigenvalue weighted by Gasteiger charge is -2.40. The van der Waals surface area contributed by atoms with Gasteiger partial charge in [-0.3, -0.25) is 0 Å². The van der Waals surface area contributed by atoms with Gasteiger partial charge >= 0.3 is 0 Å². The van der Waals surface area contributed by atoms with Crippen molar-refractivity contribution in [1.82, 2.24) is 4.98 Å². The molecule has 2 aliphatic rings. The molecule has 2 heterocycles. The van der Waals surface area contributed by atoms with Gasteiger partial charge in [0.1, 0.15) is 0 Å². The predicted molar refractivity (Wildman–Crippen MR) is 76.4 cm³/mol. The van der Waals surface area contributed by atoms with Crippen LogP contribution in [-0.2, 0) is 11.2 Å². The first-order chi connectivity index (χ1) is 9.17. The van der Waals surface area contributed by atoms with Gasteiger partial charge in [0.15, 0.2) is 0 Å². The molecule has 0 aromatic carbocycles. The summed E-state index contributed by atoms with van der Waals surface area (Å²) in [5.74, 6) is 0.385. The molecule has 0 bridgehead atoms. The lowest BCUT2D eigenvalue weighted by atomic mass is 9.81. The Morgan fingerprint density at radius 1 is 1.53 bits per heavy atom. The smallest absolute Gasteiger partial charge is 0.0954 e. The molecule has 19 heavy (non-hydrogen) atoms. The van der Waals surface area contributed by atoms with Gasteiger partial charge in [-0.05, 0) is 38.5 Å². The van der Waals surface area contributed by atoms with E-state index in [4.69, 9.17) is 4.74 Å². The molecule has 106 valence electrons. The van der Waals surface area contributed by atoms with Crippen LogP contribution in [0.2, 0.25) is 0 Å². The van der Waals surface area contributed by atoms with Crippen molar-refractivity contribution in [3.05, 3.63) is 16.1 Å². The third kappa shape index (κ3) is 3.01. The minimum atomic E-state index is -0.257. The molecule has 1 aromatic heterocycles. The number of aliphatic hydroxyl groups is 1. The summed E-state index contributed by atoms with van der Waals surface area (Å²) in [6.45, 7) is 2.83. The number of aryl methyl sites for hydroxylation is 1. The Morgan fingerprint density at radius 3 is 3.00 bits per heavy atom. The summed E-state index contributed by atoms with van der Waals surface area (Å²) in [6.07, 6.45) is 7.43. The van der Waals surface area contributed by atoms with Gasteiger partial charge < -0.3 is 9.84 Å². The van der Waals surface area contributed by atoms with Crippen LogP contribution in [0, 0.1) is 12.8 Å². The van der Waals surface area contributed by atoms with Gasteiger partial charge in [-0.1, -0.05) is 12.8 Å². The summed E-state index contributed by atoms with van der Waals surface area (Å²) in [5, 5.41) is 13.6. The lowest BCUT2D eigenvalue weighted by molar-refractivity contribution is -0.112. The number of nitrogens with zero attached hydrogens (tertiary/aromatic N) is 1. The third-order valence-electron chi connectivity index (χ3n) is 4.64. The summed E-state index contributed by atoms with van der Waals surface area (Å²) in [7, 11) is 0. The molecule has 1 spiro atoms. The van der Waals surface area contributed by atoms with Gasteiger partial charge in [0.2, 0.25) is 0 Å². The highest BCUT2D eigenvalue weighted by atomic mass is 32.1. The zero-order chi connectivity index (χ0) is 13.3. The minimum Gasteiger partial charge on any atom is -0.392 e. The van der Waals surface area contributed by atoms with Crippen molar-refractivity contribution in [3.8, 4) is 0 Å². The second-order valence-electron chi connectivity index (χ2n) is 6.15. The van der Waals surface area contributed by atoms with Crippen molar-refractivity contribution in [3.63, 3.8) is 0 Å². The highest BCUT2D eigenvalue weighted by Gasteiger charge is 2.41. The molecule has 4 heteroatoms. The zero-order valence-electron chi connectivity index (χ0n) is 11.6. The first-order valence-corrected chi connectivity index (χ1v) is 8.28. The van der Waals surface area contributed by atoms with Crippen LogP contribution in [0.15, 0.2) is 5.38 Å². The SMILES string of the molecule is Cc1csc(CC(O)C2CCOC3(CCCC3)C2)n1. The second-order valence-corrected chi connectivity index (χ2v) is 7.09. The van der Waals surface area contributed by atoms with Crippen molar-refractivity contribution in [2.75, 3.05) is 6.61 Å². The van der Waals surface area contributed by atoms with E-state index in [-0.39, 0.29) is 11.7 Å². The van der Waals surface area contributed by atoms with Gasteiger partial charge in [-0.2, -0.15) is 0 Å². The molecule has 3 rings (SSSR count). The van der Waals surface area contributed by atoms with Crippen LogP contribution in [-0.4, -0.2) is 28.4 Å². The largest absolute Gasteiger partial charge is 0.392 e. The maximum Gasteiger partial charge on any atom is 0.0954 e. The second kappa shape index (κ2) is 5.51. The number of hydrogen-bond acceptors (Lipinski definition) is 4. The molecule has 2 fully saturated rings. The fraction of sp³-hybridized carbons (Fsp3) is 0.800. The van der Waals surface area contributed by atoms with Crippen LogP contribution in [0.4, 0.5) is 0 Å². The summed E-state index contributed by atoms with van der Waals surface area (Å²) in [4.78, 5) is 4.46. The zero-order valence-corrected chi connectivity index (χ0v) is 12.4. The molecule has 1 aliphatic carbocycles. The molecule has 2 unspecified atom stereocenters. The normalized spacial score (nSPS) is 27.8. The fourth-order valence-corrected chi connectivity index (χ4v) is 4.43. The molecule has 1 saturated heterocycles. The molecule has 0 amide bonds. The van der Waals surface area contributed by atoms with Crippen molar-refractivity contribution in [1.29, 1.82) is 0 Å². The molecule has 3 nitrogen and oxygen atoms in total. The van der Waals surface area contributed by atoms with Crippen LogP contribution in [0.3, 0.4) is 0 Å². The van der Waals surface area contributed by atoms with E-state index in [1.807, 2.05) is 6.92 Å². The highest BCUT2D eigenvalue weighted by Crippen LogP contribution is 2.43. The quantitative estimate of drug-likeness (QED) is 0.925. The van der Waals surface area contributed by atoms with Crippen LogP contribution in [0.5, 0.6) is 0 Å². The number of thiazole rings is 1. The molecule has 1 N–H and O–H groups in total.